The summed E-state index contributed by atoms with van der Waals surface area (Å²) in [6, 6.07) is 0.536. The van der Waals surface area contributed by atoms with E-state index in [0.717, 1.165) is 19.4 Å². The van der Waals surface area contributed by atoms with Crippen LogP contribution in [-0.2, 0) is 0 Å². The molecule has 1 rings (SSSR count). The first-order chi connectivity index (χ1) is 6.24. The Hall–Kier alpha value is -1.03. The Morgan fingerprint density at radius 3 is 2.85 bits per heavy atom. The molecule has 1 unspecified atom stereocenters. The summed E-state index contributed by atoms with van der Waals surface area (Å²) >= 11 is 0. The predicted molar refractivity (Wildman–Crippen MR) is 52.7 cm³/mol. The van der Waals surface area contributed by atoms with Crippen molar-refractivity contribution in [2.24, 2.45) is 16.8 Å². The molecule has 0 radical (unpaired) electrons. The normalized spacial score (nSPS) is 20.8. The molecule has 74 valence electrons. The molecule has 0 aromatic rings. The van der Waals surface area contributed by atoms with Crippen LogP contribution in [0.5, 0.6) is 0 Å². The molecule has 4 nitrogen and oxygen atoms in total. The lowest BCUT2D eigenvalue weighted by atomic mass is 10.1. The maximum absolute atomic E-state index is 8.42. The van der Waals surface area contributed by atoms with E-state index in [-0.39, 0.29) is 5.92 Å². The van der Waals surface area contributed by atoms with Crippen LogP contribution in [-0.4, -0.2) is 23.6 Å². The summed E-state index contributed by atoms with van der Waals surface area (Å²) in [5.41, 5.74) is 5.45. The number of hydrogen-bond acceptors (Lipinski definition) is 3. The average molecular weight is 183 g/mol. The Morgan fingerprint density at radius 2 is 2.31 bits per heavy atom. The molecule has 0 amide bonds. The van der Waals surface area contributed by atoms with Crippen molar-refractivity contribution in [3.05, 3.63) is 12.2 Å². The molecule has 0 spiro atoms. The van der Waals surface area contributed by atoms with Gasteiger partial charge in [0.25, 0.3) is 0 Å². The molecule has 0 aliphatic heterocycles. The highest BCUT2D eigenvalue weighted by Gasteiger charge is 2.12. The van der Waals surface area contributed by atoms with Gasteiger partial charge in [0.15, 0.2) is 0 Å². The Bertz CT molecular complexity index is 205. The van der Waals surface area contributed by atoms with Crippen molar-refractivity contribution in [3.8, 4) is 0 Å². The van der Waals surface area contributed by atoms with E-state index >= 15 is 0 Å². The summed E-state index contributed by atoms with van der Waals surface area (Å²) in [4.78, 5) is 0. The number of nitrogens with two attached hydrogens (primary N) is 1. The number of oxime groups is 1. The van der Waals surface area contributed by atoms with Crippen LogP contribution in [0.3, 0.4) is 0 Å². The zero-order valence-electron chi connectivity index (χ0n) is 7.90. The molecule has 0 saturated heterocycles. The first kappa shape index (κ1) is 10.1. The highest BCUT2D eigenvalue weighted by molar-refractivity contribution is 5.82. The lowest BCUT2D eigenvalue weighted by Gasteiger charge is -2.15. The standard InChI is InChI=1S/C9H17N3O/c1-7(9(10)12-13)6-11-8-4-2-3-5-8/h2-3,7-8,11,13H,4-6H2,1H3,(H2,10,12). The molecule has 0 aromatic carbocycles. The van der Waals surface area contributed by atoms with Crippen LogP contribution in [0, 0.1) is 5.92 Å². The van der Waals surface area contributed by atoms with Gasteiger partial charge in [-0.05, 0) is 12.8 Å². The fraction of sp³-hybridized carbons (Fsp3) is 0.667. The summed E-state index contributed by atoms with van der Waals surface area (Å²) in [6.45, 7) is 2.70. The van der Waals surface area contributed by atoms with Crippen LogP contribution in [0.4, 0.5) is 0 Å². The fourth-order valence-electron chi connectivity index (χ4n) is 1.33. The number of nitrogens with zero attached hydrogens (tertiary/aromatic N) is 1. The van der Waals surface area contributed by atoms with Gasteiger partial charge in [-0.3, -0.25) is 0 Å². The monoisotopic (exact) mass is 183 g/mol. The maximum Gasteiger partial charge on any atom is 0.143 e. The van der Waals surface area contributed by atoms with Gasteiger partial charge < -0.3 is 16.3 Å². The van der Waals surface area contributed by atoms with Gasteiger partial charge in [0, 0.05) is 18.5 Å². The van der Waals surface area contributed by atoms with E-state index in [1.807, 2.05) is 6.92 Å². The molecule has 0 bridgehead atoms. The van der Waals surface area contributed by atoms with Crippen molar-refractivity contribution in [2.75, 3.05) is 6.54 Å². The molecule has 0 fully saturated rings. The largest absolute Gasteiger partial charge is 0.409 e. The topological polar surface area (TPSA) is 70.6 Å². The molecular weight excluding hydrogens is 166 g/mol. The summed E-state index contributed by atoms with van der Waals surface area (Å²) in [6.07, 6.45) is 6.52. The van der Waals surface area contributed by atoms with Crippen LogP contribution >= 0.6 is 0 Å². The zero-order valence-corrected chi connectivity index (χ0v) is 7.90. The van der Waals surface area contributed by atoms with Crippen LogP contribution in [0.2, 0.25) is 0 Å². The molecule has 1 aliphatic rings. The number of amidine groups is 1. The second kappa shape index (κ2) is 4.87. The Balaban J connectivity index is 2.18. The lowest BCUT2D eigenvalue weighted by molar-refractivity contribution is 0.313. The Kier molecular flexibility index (Phi) is 3.76. The molecule has 0 aromatic heterocycles. The van der Waals surface area contributed by atoms with Crippen molar-refractivity contribution < 1.29 is 5.21 Å². The minimum Gasteiger partial charge on any atom is -0.409 e. The lowest BCUT2D eigenvalue weighted by Crippen LogP contribution is -2.36. The minimum atomic E-state index is 0.0885. The highest BCUT2D eigenvalue weighted by atomic mass is 16.4. The molecule has 0 saturated carbocycles. The molecule has 0 heterocycles. The molecule has 4 heteroatoms. The molecule has 13 heavy (non-hydrogen) atoms. The van der Waals surface area contributed by atoms with E-state index in [4.69, 9.17) is 10.9 Å². The smallest absolute Gasteiger partial charge is 0.143 e. The van der Waals surface area contributed by atoms with Crippen molar-refractivity contribution >= 4 is 5.84 Å². The second-order valence-electron chi connectivity index (χ2n) is 3.47. The van der Waals surface area contributed by atoms with Crippen molar-refractivity contribution in [2.45, 2.75) is 25.8 Å². The maximum atomic E-state index is 8.42. The first-order valence-corrected chi connectivity index (χ1v) is 4.60. The van der Waals surface area contributed by atoms with E-state index in [2.05, 4.69) is 22.6 Å². The van der Waals surface area contributed by atoms with Gasteiger partial charge in [-0.15, -0.1) is 0 Å². The van der Waals surface area contributed by atoms with Gasteiger partial charge in [0.05, 0.1) is 0 Å². The van der Waals surface area contributed by atoms with Crippen molar-refractivity contribution in [3.63, 3.8) is 0 Å². The molecular formula is C9H17N3O. The van der Waals surface area contributed by atoms with Gasteiger partial charge in [-0.2, -0.15) is 0 Å². The predicted octanol–water partition coefficient (Wildman–Crippen LogP) is 0.677. The van der Waals surface area contributed by atoms with E-state index in [1.165, 1.54) is 0 Å². The van der Waals surface area contributed by atoms with Crippen molar-refractivity contribution in [1.29, 1.82) is 0 Å². The van der Waals surface area contributed by atoms with E-state index in [0.29, 0.717) is 11.9 Å². The van der Waals surface area contributed by atoms with Crippen LogP contribution in [0.15, 0.2) is 17.3 Å². The Labute approximate surface area is 78.5 Å². The third-order valence-electron chi connectivity index (χ3n) is 2.34. The SMILES string of the molecule is CC(CNC1CC=CC1)/C(N)=N/O. The molecule has 1 aliphatic carbocycles. The third-order valence-corrected chi connectivity index (χ3v) is 2.34. The fourth-order valence-corrected chi connectivity index (χ4v) is 1.33. The number of rotatable bonds is 4. The summed E-state index contributed by atoms with van der Waals surface area (Å²) in [5, 5.41) is 14.8. The summed E-state index contributed by atoms with van der Waals surface area (Å²) in [7, 11) is 0. The van der Waals surface area contributed by atoms with Gasteiger partial charge in [0.1, 0.15) is 5.84 Å². The Morgan fingerprint density at radius 1 is 1.69 bits per heavy atom. The van der Waals surface area contributed by atoms with Gasteiger partial charge in [-0.25, -0.2) is 0 Å². The van der Waals surface area contributed by atoms with E-state index < -0.39 is 0 Å². The summed E-state index contributed by atoms with van der Waals surface area (Å²) < 4.78 is 0. The zero-order chi connectivity index (χ0) is 9.68. The van der Waals surface area contributed by atoms with Crippen molar-refractivity contribution in [1.82, 2.24) is 5.32 Å². The number of hydrogen-bond donors (Lipinski definition) is 3. The van der Waals surface area contributed by atoms with Crippen LogP contribution < -0.4 is 11.1 Å². The number of nitrogens with one attached hydrogen (secondary N) is 1. The van der Waals surface area contributed by atoms with Gasteiger partial charge >= 0.3 is 0 Å². The van der Waals surface area contributed by atoms with Gasteiger partial charge in [-0.1, -0.05) is 24.2 Å². The van der Waals surface area contributed by atoms with Gasteiger partial charge in [0.2, 0.25) is 0 Å². The highest BCUT2D eigenvalue weighted by Crippen LogP contribution is 2.09. The third kappa shape index (κ3) is 3.06. The average Bonchev–Trinajstić information content (AvgIpc) is 2.65. The van der Waals surface area contributed by atoms with E-state index in [9.17, 15) is 0 Å². The molecule has 4 N–H and O–H groups in total. The second-order valence-corrected chi connectivity index (χ2v) is 3.47. The van der Waals surface area contributed by atoms with Crippen LogP contribution in [0.25, 0.3) is 0 Å². The van der Waals surface area contributed by atoms with E-state index in [1.54, 1.807) is 0 Å². The quantitative estimate of drug-likeness (QED) is 0.197. The molecule has 1 atom stereocenters. The minimum absolute atomic E-state index is 0.0885. The summed E-state index contributed by atoms with van der Waals surface area (Å²) in [5.74, 6) is 0.379. The van der Waals surface area contributed by atoms with Crippen LogP contribution in [0.1, 0.15) is 19.8 Å². The first-order valence-electron chi connectivity index (χ1n) is 4.60.